The van der Waals surface area contributed by atoms with Crippen LogP contribution in [-0.2, 0) is 11.3 Å². The Morgan fingerprint density at radius 1 is 1.10 bits per heavy atom. The quantitative estimate of drug-likeness (QED) is 0.857. The predicted molar refractivity (Wildman–Crippen MR) is 85.9 cm³/mol. The summed E-state index contributed by atoms with van der Waals surface area (Å²) in [6, 6.07) is 15.0. The van der Waals surface area contributed by atoms with E-state index in [0.717, 1.165) is 15.7 Å². The first kappa shape index (κ1) is 15.0. The molecule has 0 fully saturated rings. The molecule has 2 N–H and O–H groups in total. The van der Waals surface area contributed by atoms with Crippen LogP contribution >= 0.6 is 27.5 Å². The molecule has 2 aromatic rings. The van der Waals surface area contributed by atoms with Gasteiger partial charge in [-0.15, -0.1) is 0 Å². The number of hydrogen-bond donors (Lipinski definition) is 2. The van der Waals surface area contributed by atoms with Gasteiger partial charge in [-0.2, -0.15) is 0 Å². The molecule has 20 heavy (non-hydrogen) atoms. The van der Waals surface area contributed by atoms with E-state index < -0.39 is 0 Å². The Kier molecular flexibility index (Phi) is 5.59. The number of carbonyl (C=O) groups excluding carboxylic acids is 1. The number of anilines is 1. The van der Waals surface area contributed by atoms with Gasteiger partial charge in [-0.3, -0.25) is 4.79 Å². The van der Waals surface area contributed by atoms with Crippen LogP contribution in [0, 0.1) is 0 Å². The highest BCUT2D eigenvalue weighted by molar-refractivity contribution is 9.10. The number of amides is 1. The number of para-hydroxylation sites is 1. The molecule has 0 aliphatic heterocycles. The van der Waals surface area contributed by atoms with Gasteiger partial charge in [0.15, 0.2) is 0 Å². The van der Waals surface area contributed by atoms with Crippen LogP contribution in [0.5, 0.6) is 0 Å². The molecule has 0 heterocycles. The van der Waals surface area contributed by atoms with Crippen LogP contribution in [-0.4, -0.2) is 12.5 Å². The van der Waals surface area contributed by atoms with Gasteiger partial charge in [0, 0.05) is 16.0 Å². The van der Waals surface area contributed by atoms with E-state index in [1.165, 1.54) is 0 Å². The summed E-state index contributed by atoms with van der Waals surface area (Å²) in [4.78, 5) is 11.8. The van der Waals surface area contributed by atoms with Crippen LogP contribution in [0.25, 0.3) is 0 Å². The molecule has 2 aromatic carbocycles. The van der Waals surface area contributed by atoms with Gasteiger partial charge in [-0.05, 0) is 45.8 Å². The number of carbonyl (C=O) groups is 1. The molecule has 0 atom stereocenters. The van der Waals surface area contributed by atoms with Gasteiger partial charge in [-0.25, -0.2) is 0 Å². The average molecular weight is 354 g/mol. The van der Waals surface area contributed by atoms with E-state index in [9.17, 15) is 4.79 Å². The van der Waals surface area contributed by atoms with Crippen LogP contribution in [0.2, 0.25) is 5.02 Å². The van der Waals surface area contributed by atoms with Crippen molar-refractivity contribution in [2.75, 3.05) is 11.9 Å². The zero-order valence-electron chi connectivity index (χ0n) is 10.7. The van der Waals surface area contributed by atoms with Gasteiger partial charge in [0.05, 0.1) is 12.2 Å². The summed E-state index contributed by atoms with van der Waals surface area (Å²) in [5.41, 5.74) is 1.86. The second-order valence-electron chi connectivity index (χ2n) is 4.26. The molecule has 0 saturated heterocycles. The standard InChI is InChI=1S/C15H14BrClN2O/c16-13-3-1-2-4-14(13)19-15(20)10-18-9-11-5-7-12(17)8-6-11/h1-8,18H,9-10H2,(H,19,20). The maximum absolute atomic E-state index is 11.8. The molecule has 0 radical (unpaired) electrons. The minimum Gasteiger partial charge on any atom is -0.324 e. The second-order valence-corrected chi connectivity index (χ2v) is 5.55. The molecule has 0 saturated carbocycles. The van der Waals surface area contributed by atoms with Crippen molar-refractivity contribution in [3.05, 3.63) is 63.6 Å². The number of nitrogens with one attached hydrogen (secondary N) is 2. The van der Waals surface area contributed by atoms with Gasteiger partial charge in [0.1, 0.15) is 0 Å². The fourth-order valence-electron chi connectivity index (χ4n) is 1.68. The third-order valence-electron chi connectivity index (χ3n) is 2.68. The number of benzene rings is 2. The largest absolute Gasteiger partial charge is 0.324 e. The zero-order valence-corrected chi connectivity index (χ0v) is 13.0. The van der Waals surface area contributed by atoms with Crippen molar-refractivity contribution in [3.63, 3.8) is 0 Å². The highest BCUT2D eigenvalue weighted by Crippen LogP contribution is 2.20. The molecule has 0 aromatic heterocycles. The lowest BCUT2D eigenvalue weighted by atomic mass is 10.2. The summed E-state index contributed by atoms with van der Waals surface area (Å²) in [5, 5.41) is 6.64. The van der Waals surface area contributed by atoms with Crippen LogP contribution < -0.4 is 10.6 Å². The normalized spacial score (nSPS) is 10.3. The summed E-state index contributed by atoms with van der Waals surface area (Å²) >= 11 is 9.20. The third kappa shape index (κ3) is 4.63. The lowest BCUT2D eigenvalue weighted by molar-refractivity contribution is -0.115. The maximum atomic E-state index is 11.8. The smallest absolute Gasteiger partial charge is 0.238 e. The van der Waals surface area contributed by atoms with Crippen molar-refractivity contribution in [2.24, 2.45) is 0 Å². The van der Waals surface area contributed by atoms with Crippen molar-refractivity contribution in [1.29, 1.82) is 0 Å². The van der Waals surface area contributed by atoms with Gasteiger partial charge < -0.3 is 10.6 Å². The minimum absolute atomic E-state index is 0.0779. The Balaban J connectivity index is 1.78. The zero-order chi connectivity index (χ0) is 14.4. The van der Waals surface area contributed by atoms with Crippen LogP contribution in [0.15, 0.2) is 53.0 Å². The number of halogens is 2. The molecule has 0 unspecified atom stereocenters. The molecule has 0 bridgehead atoms. The second kappa shape index (κ2) is 7.43. The van der Waals surface area contributed by atoms with Crippen LogP contribution in [0.4, 0.5) is 5.69 Å². The van der Waals surface area contributed by atoms with Crippen molar-refractivity contribution in [1.82, 2.24) is 5.32 Å². The fraction of sp³-hybridized carbons (Fsp3) is 0.133. The molecule has 0 aliphatic rings. The first-order chi connectivity index (χ1) is 9.65. The highest BCUT2D eigenvalue weighted by Gasteiger charge is 2.04. The van der Waals surface area contributed by atoms with E-state index in [4.69, 9.17) is 11.6 Å². The highest BCUT2D eigenvalue weighted by atomic mass is 79.9. The lowest BCUT2D eigenvalue weighted by Crippen LogP contribution is -2.27. The van der Waals surface area contributed by atoms with Crippen molar-refractivity contribution in [3.8, 4) is 0 Å². The third-order valence-corrected chi connectivity index (χ3v) is 3.62. The summed E-state index contributed by atoms with van der Waals surface area (Å²) in [6.45, 7) is 0.879. The molecule has 0 spiro atoms. The predicted octanol–water partition coefficient (Wildman–Crippen LogP) is 3.83. The van der Waals surface area contributed by atoms with Gasteiger partial charge in [0.25, 0.3) is 0 Å². The topological polar surface area (TPSA) is 41.1 Å². The molecule has 104 valence electrons. The Bertz CT molecular complexity index is 587. The van der Waals surface area contributed by atoms with Crippen LogP contribution in [0.3, 0.4) is 0 Å². The lowest BCUT2D eigenvalue weighted by Gasteiger charge is -2.08. The van der Waals surface area contributed by atoms with E-state index in [1.807, 2.05) is 48.5 Å². The molecule has 0 aliphatic carbocycles. The summed E-state index contributed by atoms with van der Waals surface area (Å²) in [7, 11) is 0. The monoisotopic (exact) mass is 352 g/mol. The van der Waals surface area contributed by atoms with Crippen molar-refractivity contribution >= 4 is 39.1 Å². The van der Waals surface area contributed by atoms with Crippen molar-refractivity contribution < 1.29 is 4.79 Å². The SMILES string of the molecule is O=C(CNCc1ccc(Cl)cc1)Nc1ccccc1Br. The van der Waals surface area contributed by atoms with E-state index in [0.29, 0.717) is 11.6 Å². The first-order valence-electron chi connectivity index (χ1n) is 6.15. The first-order valence-corrected chi connectivity index (χ1v) is 7.32. The Labute approximate surface area is 131 Å². The van der Waals surface area contributed by atoms with E-state index in [-0.39, 0.29) is 12.5 Å². The molecule has 2 rings (SSSR count). The van der Waals surface area contributed by atoms with Crippen LogP contribution in [0.1, 0.15) is 5.56 Å². The molecular weight excluding hydrogens is 340 g/mol. The Morgan fingerprint density at radius 2 is 1.80 bits per heavy atom. The molecule has 5 heteroatoms. The summed E-state index contributed by atoms with van der Waals surface area (Å²) in [6.07, 6.45) is 0. The van der Waals surface area contributed by atoms with Gasteiger partial charge in [-0.1, -0.05) is 35.9 Å². The average Bonchev–Trinajstić information content (AvgIpc) is 2.44. The summed E-state index contributed by atoms with van der Waals surface area (Å²) < 4.78 is 0.867. The maximum Gasteiger partial charge on any atom is 0.238 e. The van der Waals surface area contributed by atoms with E-state index >= 15 is 0 Å². The van der Waals surface area contributed by atoms with E-state index in [1.54, 1.807) is 0 Å². The van der Waals surface area contributed by atoms with Crippen molar-refractivity contribution in [2.45, 2.75) is 6.54 Å². The fourth-order valence-corrected chi connectivity index (χ4v) is 2.19. The number of hydrogen-bond acceptors (Lipinski definition) is 2. The van der Waals surface area contributed by atoms with Gasteiger partial charge in [0.2, 0.25) is 5.91 Å². The summed E-state index contributed by atoms with van der Waals surface area (Å²) in [5.74, 6) is -0.0779. The van der Waals surface area contributed by atoms with Gasteiger partial charge >= 0.3 is 0 Å². The Hall–Kier alpha value is -1.36. The number of rotatable bonds is 5. The molecular formula is C15H14BrClN2O. The van der Waals surface area contributed by atoms with E-state index in [2.05, 4.69) is 26.6 Å². The molecule has 3 nitrogen and oxygen atoms in total. The minimum atomic E-state index is -0.0779. The Morgan fingerprint density at radius 3 is 2.50 bits per heavy atom. The molecule has 1 amide bonds.